The highest BCUT2D eigenvalue weighted by Crippen LogP contribution is 2.27. The van der Waals surface area contributed by atoms with E-state index in [1.54, 1.807) is 0 Å². The molecule has 0 fully saturated rings. The van der Waals surface area contributed by atoms with Crippen LogP contribution in [0.15, 0.2) is 52.9 Å². The number of fused-ring (bicyclic) bond motifs is 1. The van der Waals surface area contributed by atoms with Crippen molar-refractivity contribution in [1.82, 2.24) is 0 Å². The maximum absolute atomic E-state index is 6.29. The average Bonchev–Trinajstić information content (AvgIpc) is 2.80. The third-order valence-corrected chi connectivity index (χ3v) is 3.40. The first-order chi connectivity index (χ1) is 9.13. The predicted molar refractivity (Wildman–Crippen MR) is 78.2 cm³/mol. The zero-order chi connectivity index (χ0) is 13.4. The average molecular weight is 251 g/mol. The minimum atomic E-state index is -0.215. The number of rotatable bonds is 2. The van der Waals surface area contributed by atoms with Crippen LogP contribution in [0.1, 0.15) is 28.5 Å². The van der Waals surface area contributed by atoms with Crippen LogP contribution in [0.2, 0.25) is 0 Å². The topological polar surface area (TPSA) is 39.2 Å². The Hall–Kier alpha value is -2.06. The molecule has 2 heteroatoms. The molecular formula is C17H17NO. The summed E-state index contributed by atoms with van der Waals surface area (Å²) in [4.78, 5) is 0. The Labute approximate surface area is 112 Å². The SMILES string of the molecule is Cc1cccc(C(N)c2cc3cc(C)ccc3o2)c1. The largest absolute Gasteiger partial charge is 0.459 e. The molecule has 0 saturated heterocycles. The highest BCUT2D eigenvalue weighted by molar-refractivity contribution is 5.78. The Balaban J connectivity index is 2.04. The summed E-state index contributed by atoms with van der Waals surface area (Å²) in [5, 5.41) is 1.11. The number of furan rings is 1. The van der Waals surface area contributed by atoms with E-state index in [4.69, 9.17) is 10.2 Å². The lowest BCUT2D eigenvalue weighted by Gasteiger charge is -2.09. The minimum absolute atomic E-state index is 0.215. The Bertz CT molecular complexity index is 727. The van der Waals surface area contributed by atoms with E-state index in [-0.39, 0.29) is 6.04 Å². The fourth-order valence-corrected chi connectivity index (χ4v) is 2.36. The summed E-state index contributed by atoms with van der Waals surface area (Å²) in [6, 6.07) is 16.2. The van der Waals surface area contributed by atoms with E-state index in [2.05, 4.69) is 32.0 Å². The fourth-order valence-electron chi connectivity index (χ4n) is 2.36. The van der Waals surface area contributed by atoms with Crippen LogP contribution in [0.25, 0.3) is 11.0 Å². The van der Waals surface area contributed by atoms with Gasteiger partial charge in [0, 0.05) is 5.39 Å². The molecule has 0 aliphatic heterocycles. The molecule has 0 radical (unpaired) electrons. The van der Waals surface area contributed by atoms with E-state index in [0.717, 1.165) is 22.3 Å². The van der Waals surface area contributed by atoms with Gasteiger partial charge in [0.2, 0.25) is 0 Å². The second-order valence-electron chi connectivity index (χ2n) is 5.08. The van der Waals surface area contributed by atoms with Crippen LogP contribution >= 0.6 is 0 Å². The molecule has 0 aliphatic rings. The quantitative estimate of drug-likeness (QED) is 0.744. The Morgan fingerprint density at radius 3 is 2.53 bits per heavy atom. The van der Waals surface area contributed by atoms with Crippen molar-refractivity contribution in [3.63, 3.8) is 0 Å². The predicted octanol–water partition coefficient (Wildman–Crippen LogP) is 4.10. The third kappa shape index (κ3) is 2.27. The summed E-state index contributed by atoms with van der Waals surface area (Å²) >= 11 is 0. The lowest BCUT2D eigenvalue weighted by Crippen LogP contribution is -2.10. The molecule has 3 rings (SSSR count). The zero-order valence-electron chi connectivity index (χ0n) is 11.2. The number of hydrogen-bond acceptors (Lipinski definition) is 2. The van der Waals surface area contributed by atoms with Crippen molar-refractivity contribution in [2.24, 2.45) is 5.73 Å². The van der Waals surface area contributed by atoms with Gasteiger partial charge in [-0.05, 0) is 37.6 Å². The van der Waals surface area contributed by atoms with Gasteiger partial charge in [0.1, 0.15) is 11.3 Å². The van der Waals surface area contributed by atoms with E-state index in [0.29, 0.717) is 0 Å². The van der Waals surface area contributed by atoms with Crippen molar-refractivity contribution in [3.05, 3.63) is 71.0 Å². The molecule has 2 nitrogen and oxygen atoms in total. The number of hydrogen-bond donors (Lipinski definition) is 1. The van der Waals surface area contributed by atoms with Gasteiger partial charge >= 0.3 is 0 Å². The molecule has 96 valence electrons. The summed E-state index contributed by atoms with van der Waals surface area (Å²) in [5.74, 6) is 0.811. The maximum atomic E-state index is 6.29. The lowest BCUT2D eigenvalue weighted by molar-refractivity contribution is 0.525. The monoisotopic (exact) mass is 251 g/mol. The van der Waals surface area contributed by atoms with Crippen molar-refractivity contribution >= 4 is 11.0 Å². The van der Waals surface area contributed by atoms with Gasteiger partial charge in [-0.1, -0.05) is 41.5 Å². The second-order valence-corrected chi connectivity index (χ2v) is 5.08. The number of nitrogens with two attached hydrogens (primary N) is 1. The second kappa shape index (κ2) is 4.56. The standard InChI is InChI=1S/C17H17NO/c1-11-4-3-5-13(8-11)17(18)16-10-14-9-12(2)6-7-15(14)19-16/h3-10,17H,18H2,1-2H3. The number of aryl methyl sites for hydroxylation is 2. The molecule has 0 spiro atoms. The molecule has 0 amide bonds. The van der Waals surface area contributed by atoms with Crippen molar-refractivity contribution in [2.45, 2.75) is 19.9 Å². The first kappa shape index (κ1) is 12.0. The van der Waals surface area contributed by atoms with Gasteiger partial charge in [-0.25, -0.2) is 0 Å². The van der Waals surface area contributed by atoms with Crippen LogP contribution in [0.4, 0.5) is 0 Å². The smallest absolute Gasteiger partial charge is 0.134 e. The van der Waals surface area contributed by atoms with E-state index in [9.17, 15) is 0 Å². The van der Waals surface area contributed by atoms with Crippen molar-refractivity contribution < 1.29 is 4.42 Å². The lowest BCUT2D eigenvalue weighted by atomic mass is 10.0. The zero-order valence-corrected chi connectivity index (χ0v) is 11.2. The van der Waals surface area contributed by atoms with Crippen LogP contribution in [0.3, 0.4) is 0 Å². The van der Waals surface area contributed by atoms with Gasteiger partial charge in [0.25, 0.3) is 0 Å². The molecule has 0 saturated carbocycles. The van der Waals surface area contributed by atoms with Crippen LogP contribution in [0.5, 0.6) is 0 Å². The molecule has 0 aliphatic carbocycles. The van der Waals surface area contributed by atoms with Gasteiger partial charge in [-0.2, -0.15) is 0 Å². The molecule has 2 N–H and O–H groups in total. The molecule has 19 heavy (non-hydrogen) atoms. The maximum Gasteiger partial charge on any atom is 0.134 e. The Morgan fingerprint density at radius 1 is 0.947 bits per heavy atom. The normalized spacial score (nSPS) is 12.8. The molecule has 1 atom stereocenters. The van der Waals surface area contributed by atoms with E-state index < -0.39 is 0 Å². The van der Waals surface area contributed by atoms with Crippen molar-refractivity contribution in [3.8, 4) is 0 Å². The summed E-state index contributed by atoms with van der Waals surface area (Å²) < 4.78 is 5.85. The van der Waals surface area contributed by atoms with Crippen LogP contribution < -0.4 is 5.73 Å². The minimum Gasteiger partial charge on any atom is -0.459 e. The summed E-state index contributed by atoms with van der Waals surface area (Å²) in [5.41, 5.74) is 10.7. The van der Waals surface area contributed by atoms with Crippen LogP contribution in [-0.4, -0.2) is 0 Å². The molecule has 3 aromatic rings. The fraction of sp³-hybridized carbons (Fsp3) is 0.176. The highest BCUT2D eigenvalue weighted by atomic mass is 16.3. The molecule has 0 bridgehead atoms. The number of benzene rings is 2. The van der Waals surface area contributed by atoms with Gasteiger partial charge in [0.15, 0.2) is 0 Å². The van der Waals surface area contributed by atoms with Crippen LogP contribution in [0, 0.1) is 13.8 Å². The summed E-state index contributed by atoms with van der Waals surface area (Å²) in [6.45, 7) is 4.14. The van der Waals surface area contributed by atoms with Crippen molar-refractivity contribution in [1.29, 1.82) is 0 Å². The first-order valence-electron chi connectivity index (χ1n) is 6.46. The van der Waals surface area contributed by atoms with Crippen molar-refractivity contribution in [2.75, 3.05) is 0 Å². The van der Waals surface area contributed by atoms with Gasteiger partial charge in [-0.15, -0.1) is 0 Å². The summed E-state index contributed by atoms with van der Waals surface area (Å²) in [7, 11) is 0. The molecule has 1 heterocycles. The Morgan fingerprint density at radius 2 is 1.74 bits per heavy atom. The Kier molecular flexibility index (Phi) is 2.88. The molecule has 1 unspecified atom stereocenters. The molecular weight excluding hydrogens is 234 g/mol. The van der Waals surface area contributed by atoms with Gasteiger partial charge in [-0.3, -0.25) is 0 Å². The first-order valence-corrected chi connectivity index (χ1v) is 6.46. The van der Waals surface area contributed by atoms with Gasteiger partial charge in [0.05, 0.1) is 6.04 Å². The van der Waals surface area contributed by atoms with Gasteiger partial charge < -0.3 is 10.2 Å². The highest BCUT2D eigenvalue weighted by Gasteiger charge is 2.14. The summed E-state index contributed by atoms with van der Waals surface area (Å²) in [6.07, 6.45) is 0. The third-order valence-electron chi connectivity index (χ3n) is 3.40. The van der Waals surface area contributed by atoms with E-state index in [1.807, 2.05) is 30.3 Å². The van der Waals surface area contributed by atoms with E-state index >= 15 is 0 Å². The van der Waals surface area contributed by atoms with Crippen LogP contribution in [-0.2, 0) is 0 Å². The molecule has 1 aromatic heterocycles. The molecule has 2 aromatic carbocycles. The van der Waals surface area contributed by atoms with E-state index in [1.165, 1.54) is 11.1 Å².